The zero-order valence-electron chi connectivity index (χ0n) is 11.8. The van der Waals surface area contributed by atoms with Gasteiger partial charge >= 0.3 is 0 Å². The van der Waals surface area contributed by atoms with Crippen LogP contribution in [0.1, 0.15) is 26.3 Å². The first-order chi connectivity index (χ1) is 8.93. The summed E-state index contributed by atoms with van der Waals surface area (Å²) in [4.78, 5) is 0. The third kappa shape index (κ3) is 5.25. The molecular weight excluding hydrogens is 306 g/mol. The van der Waals surface area contributed by atoms with Gasteiger partial charge in [-0.05, 0) is 66.4 Å². The summed E-state index contributed by atoms with van der Waals surface area (Å²) in [6.45, 7) is 10.8. The van der Waals surface area contributed by atoms with Crippen molar-refractivity contribution >= 4 is 15.9 Å². The molecule has 19 heavy (non-hydrogen) atoms. The first-order valence-electron chi connectivity index (χ1n) is 6.42. The number of rotatable bonds is 7. The van der Waals surface area contributed by atoms with Crippen LogP contribution in [0.3, 0.4) is 0 Å². The SMILES string of the molecule is C=C(C)COc1c(Br)cc(CC(C)N)cc1OCC. The van der Waals surface area contributed by atoms with Crippen molar-refractivity contribution in [3.63, 3.8) is 0 Å². The minimum absolute atomic E-state index is 0.114. The maximum atomic E-state index is 5.84. The fourth-order valence-electron chi connectivity index (χ4n) is 1.71. The van der Waals surface area contributed by atoms with Gasteiger partial charge in [0.1, 0.15) is 6.61 Å². The highest BCUT2D eigenvalue weighted by atomic mass is 79.9. The Labute approximate surface area is 123 Å². The summed E-state index contributed by atoms with van der Waals surface area (Å²) in [6, 6.07) is 4.13. The molecule has 0 amide bonds. The highest BCUT2D eigenvalue weighted by molar-refractivity contribution is 9.10. The second-order valence-electron chi connectivity index (χ2n) is 4.77. The van der Waals surface area contributed by atoms with E-state index in [1.165, 1.54) is 0 Å². The van der Waals surface area contributed by atoms with Gasteiger partial charge in [0, 0.05) is 6.04 Å². The maximum Gasteiger partial charge on any atom is 0.175 e. The molecule has 3 nitrogen and oxygen atoms in total. The van der Waals surface area contributed by atoms with Gasteiger partial charge in [0.2, 0.25) is 0 Å². The molecule has 0 saturated carbocycles. The van der Waals surface area contributed by atoms with Crippen LogP contribution in [-0.2, 0) is 6.42 Å². The second-order valence-corrected chi connectivity index (χ2v) is 5.62. The topological polar surface area (TPSA) is 44.5 Å². The highest BCUT2D eigenvalue weighted by Gasteiger charge is 2.13. The fraction of sp³-hybridized carbons (Fsp3) is 0.467. The van der Waals surface area contributed by atoms with E-state index in [0.29, 0.717) is 13.2 Å². The Morgan fingerprint density at radius 3 is 2.63 bits per heavy atom. The summed E-state index contributed by atoms with van der Waals surface area (Å²) < 4.78 is 12.3. The summed E-state index contributed by atoms with van der Waals surface area (Å²) in [5.74, 6) is 1.46. The van der Waals surface area contributed by atoms with Crippen LogP contribution >= 0.6 is 15.9 Å². The van der Waals surface area contributed by atoms with E-state index in [0.717, 1.165) is 33.5 Å². The van der Waals surface area contributed by atoms with Crippen molar-refractivity contribution in [1.29, 1.82) is 0 Å². The van der Waals surface area contributed by atoms with Crippen LogP contribution in [0.25, 0.3) is 0 Å². The molecule has 1 aromatic rings. The zero-order valence-corrected chi connectivity index (χ0v) is 13.4. The molecule has 0 saturated heterocycles. The molecule has 0 bridgehead atoms. The molecular formula is C15H22BrNO2. The van der Waals surface area contributed by atoms with Gasteiger partial charge in [0.25, 0.3) is 0 Å². The van der Waals surface area contributed by atoms with Crippen molar-refractivity contribution in [2.24, 2.45) is 5.73 Å². The van der Waals surface area contributed by atoms with E-state index in [1.54, 1.807) is 0 Å². The van der Waals surface area contributed by atoms with E-state index < -0.39 is 0 Å². The molecule has 1 rings (SSSR count). The zero-order chi connectivity index (χ0) is 14.4. The van der Waals surface area contributed by atoms with Gasteiger partial charge in [-0.3, -0.25) is 0 Å². The molecule has 0 aliphatic rings. The minimum atomic E-state index is 0.114. The number of hydrogen-bond donors (Lipinski definition) is 1. The van der Waals surface area contributed by atoms with Crippen LogP contribution in [0.2, 0.25) is 0 Å². The third-order valence-electron chi connectivity index (χ3n) is 2.39. The molecule has 106 valence electrons. The first-order valence-corrected chi connectivity index (χ1v) is 7.21. The van der Waals surface area contributed by atoms with E-state index in [4.69, 9.17) is 15.2 Å². The predicted molar refractivity (Wildman–Crippen MR) is 83.0 cm³/mol. The molecule has 0 spiro atoms. The van der Waals surface area contributed by atoms with Crippen molar-refractivity contribution in [3.8, 4) is 11.5 Å². The smallest absolute Gasteiger partial charge is 0.175 e. The molecule has 0 heterocycles. The minimum Gasteiger partial charge on any atom is -0.490 e. The summed E-state index contributed by atoms with van der Waals surface area (Å²) in [5, 5.41) is 0. The summed E-state index contributed by atoms with van der Waals surface area (Å²) in [7, 11) is 0. The number of nitrogens with two attached hydrogens (primary N) is 1. The van der Waals surface area contributed by atoms with Gasteiger partial charge in [-0.1, -0.05) is 6.58 Å². The Hall–Kier alpha value is -1.00. The van der Waals surface area contributed by atoms with Crippen LogP contribution in [0.5, 0.6) is 11.5 Å². The summed E-state index contributed by atoms with van der Waals surface area (Å²) in [5.41, 5.74) is 7.94. The molecule has 0 aliphatic carbocycles. The fourth-order valence-corrected chi connectivity index (χ4v) is 2.31. The predicted octanol–water partition coefficient (Wildman–Crippen LogP) is 3.69. The largest absolute Gasteiger partial charge is 0.490 e. The Morgan fingerprint density at radius 1 is 1.42 bits per heavy atom. The van der Waals surface area contributed by atoms with Crippen molar-refractivity contribution < 1.29 is 9.47 Å². The van der Waals surface area contributed by atoms with Crippen molar-refractivity contribution in [2.75, 3.05) is 13.2 Å². The van der Waals surface area contributed by atoms with E-state index in [9.17, 15) is 0 Å². The maximum absolute atomic E-state index is 5.84. The summed E-state index contributed by atoms with van der Waals surface area (Å²) in [6.07, 6.45) is 0.805. The lowest BCUT2D eigenvalue weighted by molar-refractivity contribution is 0.291. The normalized spacial score (nSPS) is 12.1. The molecule has 0 radical (unpaired) electrons. The van der Waals surface area contributed by atoms with Gasteiger partial charge in [-0.2, -0.15) is 0 Å². The van der Waals surface area contributed by atoms with Crippen LogP contribution < -0.4 is 15.2 Å². The van der Waals surface area contributed by atoms with Crippen molar-refractivity contribution in [1.82, 2.24) is 0 Å². The van der Waals surface area contributed by atoms with E-state index in [1.807, 2.05) is 32.9 Å². The van der Waals surface area contributed by atoms with E-state index in [2.05, 4.69) is 22.5 Å². The average molecular weight is 328 g/mol. The highest BCUT2D eigenvalue weighted by Crippen LogP contribution is 2.37. The van der Waals surface area contributed by atoms with Gasteiger partial charge < -0.3 is 15.2 Å². The standard InChI is InChI=1S/C15H22BrNO2/c1-5-18-14-8-12(6-11(4)17)7-13(16)15(14)19-9-10(2)3/h7-8,11H,2,5-6,9,17H2,1,3-4H3. The lowest BCUT2D eigenvalue weighted by Gasteiger charge is -2.16. The van der Waals surface area contributed by atoms with Crippen LogP contribution in [-0.4, -0.2) is 19.3 Å². The number of benzene rings is 1. The van der Waals surface area contributed by atoms with Gasteiger partial charge in [0.15, 0.2) is 11.5 Å². The second kappa shape index (κ2) is 7.56. The molecule has 2 N–H and O–H groups in total. The van der Waals surface area contributed by atoms with Gasteiger partial charge in [0.05, 0.1) is 11.1 Å². The number of halogens is 1. The molecule has 1 unspecified atom stereocenters. The molecule has 0 aliphatic heterocycles. The lowest BCUT2D eigenvalue weighted by Crippen LogP contribution is -2.17. The first kappa shape index (κ1) is 16.1. The quantitative estimate of drug-likeness (QED) is 0.777. The molecule has 0 aromatic heterocycles. The Morgan fingerprint density at radius 2 is 2.11 bits per heavy atom. The third-order valence-corrected chi connectivity index (χ3v) is 2.98. The Bertz CT molecular complexity index is 444. The van der Waals surface area contributed by atoms with E-state index >= 15 is 0 Å². The van der Waals surface area contributed by atoms with Gasteiger partial charge in [-0.25, -0.2) is 0 Å². The average Bonchev–Trinajstić information content (AvgIpc) is 2.26. The number of hydrogen-bond acceptors (Lipinski definition) is 3. The van der Waals surface area contributed by atoms with Crippen molar-refractivity contribution in [3.05, 3.63) is 34.3 Å². The lowest BCUT2D eigenvalue weighted by atomic mass is 10.1. The van der Waals surface area contributed by atoms with Gasteiger partial charge in [-0.15, -0.1) is 0 Å². The molecule has 1 aromatic carbocycles. The Balaban J connectivity index is 3.03. The summed E-state index contributed by atoms with van der Waals surface area (Å²) >= 11 is 3.53. The molecule has 1 atom stereocenters. The monoisotopic (exact) mass is 327 g/mol. The molecule has 4 heteroatoms. The van der Waals surface area contributed by atoms with Crippen LogP contribution in [0, 0.1) is 0 Å². The van der Waals surface area contributed by atoms with Crippen LogP contribution in [0.15, 0.2) is 28.8 Å². The van der Waals surface area contributed by atoms with Crippen molar-refractivity contribution in [2.45, 2.75) is 33.2 Å². The van der Waals surface area contributed by atoms with Crippen LogP contribution in [0.4, 0.5) is 0 Å². The Kier molecular flexibility index (Phi) is 6.38. The van der Waals surface area contributed by atoms with E-state index in [-0.39, 0.29) is 6.04 Å². The number of ether oxygens (including phenoxy) is 2. The molecule has 0 fully saturated rings.